The molecule has 20 nitrogen and oxygen atoms in total. The van der Waals surface area contributed by atoms with Crippen LogP contribution in [0, 0.1) is 20.2 Å². The second-order valence-corrected chi connectivity index (χ2v) is 17.0. The standard InChI is InChI=1S/2C24H31N5O5.Li/c2*30-24-19-5-7-27-9-13-33-15-11-28(12-16-34-14-10-27)8-6-20(24)18-22(17-19)26-25-21-1-3-23(4-2-21)29(31)32;/h2*1-4,17-18,30H,5-16H2;/q;;+1/p-1. The Morgan fingerprint density at radius 1 is 0.420 bits per heavy atom. The summed E-state index contributed by atoms with van der Waals surface area (Å²) in [6, 6.07) is 19.2. The van der Waals surface area contributed by atoms with E-state index in [0.29, 0.717) is 107 Å². The van der Waals surface area contributed by atoms with Gasteiger partial charge in [-0.3, -0.25) is 39.8 Å². The van der Waals surface area contributed by atoms with Gasteiger partial charge in [-0.1, -0.05) is 11.1 Å². The van der Waals surface area contributed by atoms with E-state index in [0.717, 1.165) is 101 Å². The third kappa shape index (κ3) is 17.0. The third-order valence-corrected chi connectivity index (χ3v) is 12.4. The van der Waals surface area contributed by atoms with E-state index in [9.17, 15) is 30.4 Å². The number of aromatic hydroxyl groups is 1. The molecule has 10 rings (SSSR count). The average Bonchev–Trinajstić information content (AvgIpc) is 3.33. The maximum Gasteiger partial charge on any atom is 1.00 e. The van der Waals surface area contributed by atoms with Gasteiger partial charge in [-0.05, 0) is 85.3 Å². The van der Waals surface area contributed by atoms with E-state index in [-0.39, 0.29) is 36.0 Å². The first-order valence-corrected chi connectivity index (χ1v) is 23.4. The van der Waals surface area contributed by atoms with Gasteiger partial charge in [0.15, 0.2) is 0 Å². The van der Waals surface area contributed by atoms with Crippen molar-refractivity contribution in [2.24, 2.45) is 20.5 Å². The van der Waals surface area contributed by atoms with Gasteiger partial charge in [0.05, 0.1) is 85.5 Å². The van der Waals surface area contributed by atoms with Crippen molar-refractivity contribution in [1.82, 2.24) is 19.6 Å². The molecule has 364 valence electrons. The molecule has 0 saturated carbocycles. The first-order chi connectivity index (χ1) is 33.2. The van der Waals surface area contributed by atoms with Crippen LogP contribution in [0.5, 0.6) is 11.5 Å². The third-order valence-electron chi connectivity index (χ3n) is 12.4. The summed E-state index contributed by atoms with van der Waals surface area (Å²) < 4.78 is 23.4. The van der Waals surface area contributed by atoms with Gasteiger partial charge >= 0.3 is 18.9 Å². The molecule has 0 radical (unpaired) electrons. The molecule has 0 amide bonds. The Bertz CT molecular complexity index is 2050. The number of fused-ring (bicyclic) bond motifs is 20. The van der Waals surface area contributed by atoms with Gasteiger partial charge in [-0.15, -0.1) is 5.75 Å². The first kappa shape index (κ1) is 53.1. The summed E-state index contributed by atoms with van der Waals surface area (Å²) in [4.78, 5) is 30.0. The monoisotopic (exact) mass is 944 g/mol. The zero-order chi connectivity index (χ0) is 47.5. The van der Waals surface area contributed by atoms with Crippen LogP contribution in [0.2, 0.25) is 0 Å². The minimum absolute atomic E-state index is 0. The Morgan fingerprint density at radius 3 is 0.971 bits per heavy atom. The zero-order valence-electron chi connectivity index (χ0n) is 39.5. The second kappa shape index (κ2) is 27.8. The fraction of sp³-hybridized carbons (Fsp3) is 0.500. The smallest absolute Gasteiger partial charge is 0.872 e. The molecule has 0 aliphatic carbocycles. The van der Waals surface area contributed by atoms with Crippen LogP contribution >= 0.6 is 0 Å². The summed E-state index contributed by atoms with van der Waals surface area (Å²) in [5.41, 5.74) is 5.46. The molecule has 0 aromatic heterocycles. The van der Waals surface area contributed by atoms with Crippen molar-refractivity contribution in [3.05, 3.63) is 115 Å². The topological polar surface area (TPSA) is 229 Å². The Balaban J connectivity index is 0.000000224. The first-order valence-electron chi connectivity index (χ1n) is 23.4. The quantitative estimate of drug-likeness (QED) is 0.127. The molecule has 6 aliphatic heterocycles. The van der Waals surface area contributed by atoms with Crippen LogP contribution in [0.25, 0.3) is 0 Å². The molecule has 2 fully saturated rings. The van der Waals surface area contributed by atoms with E-state index in [1.54, 1.807) is 36.4 Å². The summed E-state index contributed by atoms with van der Waals surface area (Å²) in [5.74, 6) is 0.409. The number of benzene rings is 4. The van der Waals surface area contributed by atoms with E-state index in [1.807, 2.05) is 12.1 Å². The maximum atomic E-state index is 13.2. The number of phenols is 1. The minimum atomic E-state index is -0.449. The summed E-state index contributed by atoms with van der Waals surface area (Å²) >= 11 is 0. The summed E-state index contributed by atoms with van der Waals surface area (Å²) in [5, 5.41) is 63.2. The Morgan fingerprint density at radius 2 is 0.681 bits per heavy atom. The summed E-state index contributed by atoms with van der Waals surface area (Å²) in [7, 11) is 0. The molecule has 21 heteroatoms. The number of phenolic OH excluding ortho intramolecular Hbond substituents is 1. The molecule has 2 saturated heterocycles. The molecular formula is C48H61LiN10O10. The second-order valence-electron chi connectivity index (χ2n) is 17.0. The largest absolute Gasteiger partial charge is 1.00 e. The zero-order valence-corrected chi connectivity index (χ0v) is 39.5. The van der Waals surface area contributed by atoms with Crippen molar-refractivity contribution < 1.29 is 57.9 Å². The van der Waals surface area contributed by atoms with Crippen LogP contribution in [0.15, 0.2) is 93.3 Å². The Kier molecular flexibility index (Phi) is 21.4. The van der Waals surface area contributed by atoms with E-state index in [4.69, 9.17) is 18.9 Å². The van der Waals surface area contributed by atoms with Crippen LogP contribution in [-0.4, -0.2) is 166 Å². The van der Waals surface area contributed by atoms with Crippen molar-refractivity contribution >= 4 is 34.1 Å². The summed E-state index contributed by atoms with van der Waals surface area (Å²) in [6.45, 7) is 14.8. The normalized spacial score (nSPS) is 22.1. The predicted octanol–water partition coefficient (Wildman–Crippen LogP) is 3.30. The van der Waals surface area contributed by atoms with Gasteiger partial charge < -0.3 is 29.2 Å². The molecule has 0 spiro atoms. The van der Waals surface area contributed by atoms with E-state index < -0.39 is 9.85 Å². The number of nitro groups is 2. The molecule has 4 aromatic rings. The predicted molar refractivity (Wildman–Crippen MR) is 252 cm³/mol. The number of non-ortho nitro benzene ring substituents is 2. The number of hydrogen-bond donors (Lipinski definition) is 1. The van der Waals surface area contributed by atoms with Crippen LogP contribution < -0.4 is 24.0 Å². The molecule has 0 unspecified atom stereocenters. The van der Waals surface area contributed by atoms with Crippen LogP contribution in [0.3, 0.4) is 0 Å². The van der Waals surface area contributed by atoms with E-state index in [2.05, 4.69) is 40.1 Å². The number of rotatable bonds is 6. The summed E-state index contributed by atoms with van der Waals surface area (Å²) in [6.07, 6.45) is 2.56. The molecule has 8 bridgehead atoms. The maximum absolute atomic E-state index is 13.2. The minimum Gasteiger partial charge on any atom is -0.872 e. The van der Waals surface area contributed by atoms with Gasteiger partial charge in [0.1, 0.15) is 5.75 Å². The fourth-order valence-corrected chi connectivity index (χ4v) is 8.27. The number of azo groups is 2. The molecule has 1 N–H and O–H groups in total. The van der Waals surface area contributed by atoms with Gasteiger partial charge in [-0.25, -0.2) is 0 Å². The van der Waals surface area contributed by atoms with Crippen molar-refractivity contribution in [2.45, 2.75) is 25.7 Å². The van der Waals surface area contributed by atoms with Crippen LogP contribution in [0.1, 0.15) is 22.3 Å². The molecule has 69 heavy (non-hydrogen) atoms. The van der Waals surface area contributed by atoms with Crippen molar-refractivity contribution in [1.29, 1.82) is 0 Å². The molecule has 6 aliphatic rings. The van der Waals surface area contributed by atoms with E-state index in [1.165, 1.54) is 24.3 Å². The van der Waals surface area contributed by atoms with Gasteiger partial charge in [0.25, 0.3) is 11.4 Å². The Hall–Kier alpha value is -5.24. The fourth-order valence-electron chi connectivity index (χ4n) is 8.27. The molecule has 6 heterocycles. The number of nitro benzene ring substituents is 2. The van der Waals surface area contributed by atoms with Crippen LogP contribution in [0.4, 0.5) is 34.1 Å². The average molecular weight is 945 g/mol. The number of nitrogens with zero attached hydrogens (tertiary/aromatic N) is 10. The van der Waals surface area contributed by atoms with Crippen molar-refractivity contribution in [2.75, 3.05) is 131 Å². The van der Waals surface area contributed by atoms with Gasteiger partial charge in [0.2, 0.25) is 0 Å². The molecule has 4 aromatic carbocycles. The van der Waals surface area contributed by atoms with Gasteiger partial charge in [-0.2, -0.15) is 20.5 Å². The van der Waals surface area contributed by atoms with Crippen LogP contribution in [-0.2, 0) is 44.6 Å². The Labute approximate surface area is 414 Å². The van der Waals surface area contributed by atoms with Crippen molar-refractivity contribution in [3.63, 3.8) is 0 Å². The molecular weight excluding hydrogens is 884 g/mol. The van der Waals surface area contributed by atoms with Gasteiger partial charge in [0, 0.05) is 103 Å². The SMILES string of the molecule is O=[N+]([O-])c1ccc(N=Nc2cc3c(O)c(c2)CCN2CCOCCN(CCOCC2)CC3)cc1.O=[N+]([O-])c1ccc(N=Nc2cc3c([O-])c(c2)CCN2CCOCCN(CCOCC2)CC3)cc1.[Li+]. The molecule has 0 atom stereocenters. The van der Waals surface area contributed by atoms with Crippen molar-refractivity contribution in [3.8, 4) is 11.5 Å². The van der Waals surface area contributed by atoms with E-state index >= 15 is 0 Å². The number of hydrogen-bond acceptors (Lipinski definition) is 18. The number of ether oxygens (including phenoxy) is 4.